The van der Waals surface area contributed by atoms with E-state index < -0.39 is 6.04 Å². The molecule has 3 heterocycles. The zero-order chi connectivity index (χ0) is 21.0. The van der Waals surface area contributed by atoms with Crippen LogP contribution in [0.3, 0.4) is 0 Å². The van der Waals surface area contributed by atoms with Gasteiger partial charge in [0.15, 0.2) is 0 Å². The fourth-order valence-electron chi connectivity index (χ4n) is 4.46. The first-order valence-electron chi connectivity index (χ1n) is 10.8. The van der Waals surface area contributed by atoms with Crippen LogP contribution >= 0.6 is 11.3 Å². The molecule has 2 aliphatic heterocycles. The largest absolute Gasteiger partial charge is 0.373 e. The van der Waals surface area contributed by atoms with E-state index in [2.05, 4.69) is 24.1 Å². The van der Waals surface area contributed by atoms with Gasteiger partial charge in [0.25, 0.3) is 5.91 Å². The van der Waals surface area contributed by atoms with E-state index in [4.69, 9.17) is 4.74 Å². The van der Waals surface area contributed by atoms with Crippen molar-refractivity contribution in [2.45, 2.75) is 58.8 Å². The minimum absolute atomic E-state index is 0.0528. The SMILES string of the molecule is CC1CN(CC2CCN(C(=O)C(NC(=O)c3cccs3)C(C)C)CC2)CC(C)O1. The van der Waals surface area contributed by atoms with E-state index in [0.29, 0.717) is 23.0 Å². The highest BCUT2D eigenvalue weighted by molar-refractivity contribution is 7.12. The second-order valence-corrected chi connectivity index (χ2v) is 9.86. The van der Waals surface area contributed by atoms with Crippen LogP contribution in [0.2, 0.25) is 0 Å². The molecule has 2 saturated heterocycles. The van der Waals surface area contributed by atoms with Gasteiger partial charge in [-0.3, -0.25) is 14.5 Å². The molecule has 3 atom stereocenters. The van der Waals surface area contributed by atoms with Crippen LogP contribution in [0, 0.1) is 11.8 Å². The van der Waals surface area contributed by atoms with Crippen LogP contribution in [-0.4, -0.2) is 72.6 Å². The van der Waals surface area contributed by atoms with Crippen LogP contribution in [-0.2, 0) is 9.53 Å². The average molecular weight is 422 g/mol. The monoisotopic (exact) mass is 421 g/mol. The number of ether oxygens (including phenoxy) is 1. The van der Waals surface area contributed by atoms with E-state index in [0.717, 1.165) is 45.6 Å². The van der Waals surface area contributed by atoms with Gasteiger partial charge in [-0.1, -0.05) is 19.9 Å². The van der Waals surface area contributed by atoms with Gasteiger partial charge >= 0.3 is 0 Å². The van der Waals surface area contributed by atoms with Crippen LogP contribution < -0.4 is 5.32 Å². The van der Waals surface area contributed by atoms with E-state index in [1.807, 2.05) is 30.2 Å². The van der Waals surface area contributed by atoms with Crippen molar-refractivity contribution < 1.29 is 14.3 Å². The first-order valence-corrected chi connectivity index (χ1v) is 11.7. The normalized spacial score (nSPS) is 25.2. The number of rotatable bonds is 6. The van der Waals surface area contributed by atoms with Crippen molar-refractivity contribution in [2.75, 3.05) is 32.7 Å². The molecular weight excluding hydrogens is 386 g/mol. The van der Waals surface area contributed by atoms with Crippen LogP contribution in [0.25, 0.3) is 0 Å². The van der Waals surface area contributed by atoms with Crippen LogP contribution in [0.1, 0.15) is 50.2 Å². The lowest BCUT2D eigenvalue weighted by Gasteiger charge is -2.40. The second-order valence-electron chi connectivity index (χ2n) is 8.92. The molecule has 1 aromatic rings. The molecule has 2 amide bonds. The summed E-state index contributed by atoms with van der Waals surface area (Å²) in [6.45, 7) is 12.9. The predicted molar refractivity (Wildman–Crippen MR) is 116 cm³/mol. The van der Waals surface area contributed by atoms with Crippen molar-refractivity contribution in [2.24, 2.45) is 11.8 Å². The highest BCUT2D eigenvalue weighted by Crippen LogP contribution is 2.22. The second kappa shape index (κ2) is 10.0. The molecule has 0 bridgehead atoms. The number of hydrogen-bond acceptors (Lipinski definition) is 5. The lowest BCUT2D eigenvalue weighted by atomic mass is 9.94. The zero-order valence-corrected chi connectivity index (χ0v) is 18.9. The maximum atomic E-state index is 13.1. The number of thiophene rings is 1. The number of amides is 2. The van der Waals surface area contributed by atoms with Crippen molar-refractivity contribution in [1.29, 1.82) is 0 Å². The fourth-order valence-corrected chi connectivity index (χ4v) is 5.09. The fraction of sp³-hybridized carbons (Fsp3) is 0.727. The predicted octanol–water partition coefficient (Wildman–Crippen LogP) is 2.85. The Hall–Kier alpha value is -1.44. The summed E-state index contributed by atoms with van der Waals surface area (Å²) < 4.78 is 5.83. The third-order valence-electron chi connectivity index (χ3n) is 5.90. The Kier molecular flexibility index (Phi) is 7.71. The van der Waals surface area contributed by atoms with Crippen LogP contribution in [0.5, 0.6) is 0 Å². The number of carbonyl (C=O) groups excluding carboxylic acids is 2. The number of piperidine rings is 1. The van der Waals surface area contributed by atoms with Gasteiger partial charge in [0.05, 0.1) is 17.1 Å². The Bertz CT molecular complexity index is 661. The summed E-state index contributed by atoms with van der Waals surface area (Å²) >= 11 is 1.40. The molecule has 29 heavy (non-hydrogen) atoms. The van der Waals surface area contributed by atoms with Gasteiger partial charge in [0.2, 0.25) is 5.91 Å². The Morgan fingerprint density at radius 1 is 1.21 bits per heavy atom. The molecule has 7 heteroatoms. The maximum Gasteiger partial charge on any atom is 0.262 e. The van der Waals surface area contributed by atoms with Crippen LogP contribution in [0.15, 0.2) is 17.5 Å². The summed E-state index contributed by atoms with van der Waals surface area (Å²) in [6.07, 6.45) is 2.63. The molecule has 0 radical (unpaired) electrons. The van der Waals surface area contributed by atoms with Gasteiger partial charge in [0.1, 0.15) is 6.04 Å². The number of likely N-dealkylation sites (tertiary alicyclic amines) is 1. The van der Waals surface area contributed by atoms with Gasteiger partial charge in [-0.15, -0.1) is 11.3 Å². The molecule has 3 unspecified atom stereocenters. The summed E-state index contributed by atoms with van der Waals surface area (Å²) in [7, 11) is 0. The first-order chi connectivity index (χ1) is 13.8. The molecule has 6 nitrogen and oxygen atoms in total. The zero-order valence-electron chi connectivity index (χ0n) is 18.1. The van der Waals surface area contributed by atoms with Crippen LogP contribution in [0.4, 0.5) is 0 Å². The van der Waals surface area contributed by atoms with Gasteiger partial charge in [-0.25, -0.2) is 0 Å². The van der Waals surface area contributed by atoms with Gasteiger partial charge in [0, 0.05) is 32.7 Å². The standard InChI is InChI=1S/C22H35N3O3S/c1-15(2)20(23-21(26)19-6-5-11-29-19)22(27)25-9-7-18(8-10-25)14-24-12-16(3)28-17(4)13-24/h5-6,11,15-18,20H,7-10,12-14H2,1-4H3,(H,23,26). The van der Waals surface area contributed by atoms with Crippen molar-refractivity contribution in [1.82, 2.24) is 15.1 Å². The van der Waals surface area contributed by atoms with Gasteiger partial charge < -0.3 is 15.0 Å². The Morgan fingerprint density at radius 3 is 2.41 bits per heavy atom. The van der Waals surface area contributed by atoms with Crippen molar-refractivity contribution in [3.8, 4) is 0 Å². The lowest BCUT2D eigenvalue weighted by molar-refractivity contribution is -0.136. The number of morpholine rings is 1. The molecule has 3 rings (SSSR count). The smallest absolute Gasteiger partial charge is 0.262 e. The molecular formula is C22H35N3O3S. The Balaban J connectivity index is 1.50. The molecule has 0 saturated carbocycles. The van der Waals surface area contributed by atoms with E-state index in [1.54, 1.807) is 6.07 Å². The summed E-state index contributed by atoms with van der Waals surface area (Å²) in [6, 6.07) is 3.18. The molecule has 2 aliphatic rings. The molecule has 0 aromatic carbocycles. The lowest BCUT2D eigenvalue weighted by Crippen LogP contribution is -2.54. The maximum absolute atomic E-state index is 13.1. The Morgan fingerprint density at radius 2 is 1.86 bits per heavy atom. The summed E-state index contributed by atoms with van der Waals surface area (Å²) in [5.74, 6) is 0.574. The topological polar surface area (TPSA) is 61.9 Å². The van der Waals surface area contributed by atoms with Crippen molar-refractivity contribution >= 4 is 23.2 Å². The number of nitrogens with zero attached hydrogens (tertiary/aromatic N) is 2. The van der Waals surface area contributed by atoms with E-state index in [-0.39, 0.29) is 17.7 Å². The molecule has 0 aliphatic carbocycles. The average Bonchev–Trinajstić information content (AvgIpc) is 3.20. The third-order valence-corrected chi connectivity index (χ3v) is 6.77. The third kappa shape index (κ3) is 6.03. The number of carbonyl (C=O) groups is 2. The van der Waals surface area contributed by atoms with Gasteiger partial charge in [-0.05, 0) is 50.0 Å². The summed E-state index contributed by atoms with van der Waals surface area (Å²) in [5, 5.41) is 4.84. The molecule has 162 valence electrons. The van der Waals surface area contributed by atoms with E-state index in [9.17, 15) is 9.59 Å². The van der Waals surface area contributed by atoms with Crippen molar-refractivity contribution in [3.05, 3.63) is 22.4 Å². The van der Waals surface area contributed by atoms with E-state index in [1.165, 1.54) is 11.3 Å². The van der Waals surface area contributed by atoms with E-state index >= 15 is 0 Å². The molecule has 1 N–H and O–H groups in total. The summed E-state index contributed by atoms with van der Waals surface area (Å²) in [4.78, 5) is 30.7. The minimum atomic E-state index is -0.470. The minimum Gasteiger partial charge on any atom is -0.373 e. The van der Waals surface area contributed by atoms with Crippen molar-refractivity contribution in [3.63, 3.8) is 0 Å². The highest BCUT2D eigenvalue weighted by Gasteiger charge is 2.32. The molecule has 1 aromatic heterocycles. The quantitative estimate of drug-likeness (QED) is 0.767. The highest BCUT2D eigenvalue weighted by atomic mass is 32.1. The molecule has 2 fully saturated rings. The summed E-state index contributed by atoms with van der Waals surface area (Å²) in [5.41, 5.74) is 0. The number of hydrogen-bond donors (Lipinski definition) is 1. The molecule has 0 spiro atoms. The Labute approximate surface area is 178 Å². The first kappa shape index (κ1) is 22.2. The van der Waals surface area contributed by atoms with Gasteiger partial charge in [-0.2, -0.15) is 0 Å². The number of nitrogens with one attached hydrogen (secondary N) is 1.